The highest BCUT2D eigenvalue weighted by Gasteiger charge is 2.33. The van der Waals surface area contributed by atoms with Crippen molar-refractivity contribution in [1.29, 1.82) is 0 Å². The number of benzene rings is 2. The molecule has 3 amide bonds. The van der Waals surface area contributed by atoms with Crippen molar-refractivity contribution in [2.24, 2.45) is 0 Å². The molecule has 4 rings (SSSR count). The highest BCUT2D eigenvalue weighted by molar-refractivity contribution is 5.97. The molecule has 7 nitrogen and oxygen atoms in total. The average Bonchev–Trinajstić information content (AvgIpc) is 3.37. The van der Waals surface area contributed by atoms with Crippen molar-refractivity contribution in [3.05, 3.63) is 59.9 Å². The van der Waals surface area contributed by atoms with E-state index in [9.17, 15) is 9.59 Å². The van der Waals surface area contributed by atoms with Gasteiger partial charge in [0.05, 0.1) is 17.1 Å². The van der Waals surface area contributed by atoms with Crippen LogP contribution in [0.3, 0.4) is 0 Å². The van der Waals surface area contributed by atoms with Crippen LogP contribution >= 0.6 is 0 Å². The van der Waals surface area contributed by atoms with E-state index in [1.165, 1.54) is 0 Å². The molecule has 1 unspecified atom stereocenters. The van der Waals surface area contributed by atoms with E-state index in [0.29, 0.717) is 17.8 Å². The van der Waals surface area contributed by atoms with E-state index in [0.717, 1.165) is 36.2 Å². The van der Waals surface area contributed by atoms with E-state index in [1.807, 2.05) is 43.9 Å². The van der Waals surface area contributed by atoms with Gasteiger partial charge in [-0.15, -0.1) is 0 Å². The lowest BCUT2D eigenvalue weighted by Crippen LogP contribution is -2.40. The topological polar surface area (TPSA) is 79.3 Å². The number of rotatable bonds is 4. The van der Waals surface area contributed by atoms with Gasteiger partial charge < -0.3 is 20.1 Å². The zero-order valence-electron chi connectivity index (χ0n) is 19.2. The van der Waals surface area contributed by atoms with Gasteiger partial charge >= 0.3 is 6.03 Å². The minimum absolute atomic E-state index is 0.0743. The number of nitrogens with one attached hydrogen (secondary N) is 2. The third-order valence-corrected chi connectivity index (χ3v) is 5.68. The summed E-state index contributed by atoms with van der Waals surface area (Å²) in [6, 6.07) is 14.9. The highest BCUT2D eigenvalue weighted by Crippen LogP contribution is 2.34. The number of aryl methyl sites for hydroxylation is 1. The Morgan fingerprint density at radius 1 is 1.12 bits per heavy atom. The van der Waals surface area contributed by atoms with Crippen LogP contribution in [0.15, 0.2) is 48.5 Å². The molecular weight excluding hydrogens is 402 g/mol. The van der Waals surface area contributed by atoms with Gasteiger partial charge in [-0.25, -0.2) is 9.78 Å². The molecule has 2 aromatic carbocycles. The predicted octanol–water partition coefficient (Wildman–Crippen LogP) is 4.95. The molecule has 3 aromatic rings. The van der Waals surface area contributed by atoms with Gasteiger partial charge in [-0.1, -0.05) is 18.2 Å². The summed E-state index contributed by atoms with van der Waals surface area (Å²) in [7, 11) is 0. The van der Waals surface area contributed by atoms with Crippen molar-refractivity contribution < 1.29 is 9.59 Å². The Morgan fingerprint density at radius 2 is 1.91 bits per heavy atom. The monoisotopic (exact) mass is 433 g/mol. The molecule has 1 fully saturated rings. The zero-order chi connectivity index (χ0) is 22.9. The van der Waals surface area contributed by atoms with Gasteiger partial charge in [0, 0.05) is 29.9 Å². The van der Waals surface area contributed by atoms with Crippen LogP contribution < -0.4 is 10.6 Å². The maximum absolute atomic E-state index is 13.2. The number of hydrogen-bond donors (Lipinski definition) is 2. The standard InChI is InChI=1S/C25H31N5O2/c1-5-29-20-13-7-6-12-19(20)27-22(29)21-14-9-15-30(21)24(32)26-18-11-8-10-17(16-18)23(31)28-25(2,3)4/h6-8,10-13,16,21H,5,9,14-15H2,1-4H3,(H,26,32)(H,28,31). The number of aromatic nitrogens is 2. The fourth-order valence-corrected chi connectivity index (χ4v) is 4.31. The maximum Gasteiger partial charge on any atom is 0.322 e. The van der Waals surface area contributed by atoms with Crippen molar-refractivity contribution in [1.82, 2.24) is 19.8 Å². The van der Waals surface area contributed by atoms with Gasteiger partial charge in [-0.05, 0) is 70.9 Å². The first-order valence-electron chi connectivity index (χ1n) is 11.2. The summed E-state index contributed by atoms with van der Waals surface area (Å²) < 4.78 is 2.20. The quantitative estimate of drug-likeness (QED) is 0.611. The second-order valence-electron chi connectivity index (χ2n) is 9.27. The minimum atomic E-state index is -0.330. The van der Waals surface area contributed by atoms with Crippen LogP contribution in [-0.4, -0.2) is 38.5 Å². The molecule has 7 heteroatoms. The van der Waals surface area contributed by atoms with E-state index in [-0.39, 0.29) is 23.5 Å². The molecule has 2 N–H and O–H groups in total. The minimum Gasteiger partial charge on any atom is -0.347 e. The van der Waals surface area contributed by atoms with Crippen molar-refractivity contribution in [3.8, 4) is 0 Å². The van der Waals surface area contributed by atoms with Crippen LogP contribution in [0.2, 0.25) is 0 Å². The molecule has 0 aliphatic carbocycles. The largest absolute Gasteiger partial charge is 0.347 e. The van der Waals surface area contributed by atoms with Gasteiger partial charge in [0.2, 0.25) is 0 Å². The number of carbonyl (C=O) groups is 2. The normalized spacial score (nSPS) is 16.4. The second kappa shape index (κ2) is 8.65. The van der Waals surface area contributed by atoms with E-state index >= 15 is 0 Å². The summed E-state index contributed by atoms with van der Waals surface area (Å²) in [6.07, 6.45) is 1.81. The van der Waals surface area contributed by atoms with Gasteiger partial charge in [0.15, 0.2) is 0 Å². The molecule has 168 valence electrons. The molecule has 1 atom stereocenters. The van der Waals surface area contributed by atoms with E-state index in [2.05, 4.69) is 28.2 Å². The third-order valence-electron chi connectivity index (χ3n) is 5.68. The lowest BCUT2D eigenvalue weighted by molar-refractivity contribution is 0.0919. The first-order chi connectivity index (χ1) is 15.3. The molecular formula is C25H31N5O2. The van der Waals surface area contributed by atoms with E-state index in [4.69, 9.17) is 4.98 Å². The molecule has 1 aliphatic heterocycles. The Hall–Kier alpha value is -3.35. The number of fused-ring (bicyclic) bond motifs is 1. The number of amides is 3. The van der Waals surface area contributed by atoms with Crippen LogP contribution in [0.4, 0.5) is 10.5 Å². The molecule has 2 heterocycles. The molecule has 0 spiro atoms. The summed E-state index contributed by atoms with van der Waals surface area (Å²) in [5.74, 6) is 0.768. The van der Waals surface area contributed by atoms with Gasteiger partial charge in [0.25, 0.3) is 5.91 Å². The number of urea groups is 1. The van der Waals surface area contributed by atoms with Gasteiger partial charge in [0.1, 0.15) is 5.82 Å². The van der Waals surface area contributed by atoms with Crippen LogP contribution in [0.25, 0.3) is 11.0 Å². The van der Waals surface area contributed by atoms with E-state index in [1.54, 1.807) is 24.3 Å². The van der Waals surface area contributed by atoms with Crippen molar-refractivity contribution in [2.45, 2.75) is 58.7 Å². The molecule has 1 aliphatic rings. The molecule has 1 aromatic heterocycles. The fourth-order valence-electron chi connectivity index (χ4n) is 4.31. The summed E-state index contributed by atoms with van der Waals surface area (Å²) in [5.41, 5.74) is 2.84. The summed E-state index contributed by atoms with van der Waals surface area (Å²) >= 11 is 0. The first-order valence-corrected chi connectivity index (χ1v) is 11.2. The predicted molar refractivity (Wildman–Crippen MR) is 127 cm³/mol. The smallest absolute Gasteiger partial charge is 0.322 e. The zero-order valence-corrected chi connectivity index (χ0v) is 19.2. The molecule has 0 bridgehead atoms. The number of hydrogen-bond acceptors (Lipinski definition) is 3. The lowest BCUT2D eigenvalue weighted by Gasteiger charge is -2.25. The van der Waals surface area contributed by atoms with Crippen LogP contribution in [0, 0.1) is 0 Å². The third kappa shape index (κ3) is 4.47. The lowest BCUT2D eigenvalue weighted by atomic mass is 10.1. The number of imidazole rings is 1. The van der Waals surface area contributed by atoms with Crippen LogP contribution in [-0.2, 0) is 6.54 Å². The van der Waals surface area contributed by atoms with Gasteiger partial charge in [-0.2, -0.15) is 0 Å². The number of para-hydroxylation sites is 2. The maximum atomic E-state index is 13.2. The summed E-state index contributed by atoms with van der Waals surface area (Å²) in [5, 5.41) is 5.93. The molecule has 0 saturated carbocycles. The summed E-state index contributed by atoms with van der Waals surface area (Å²) in [6.45, 7) is 9.39. The Balaban J connectivity index is 1.54. The Morgan fingerprint density at radius 3 is 2.66 bits per heavy atom. The van der Waals surface area contributed by atoms with E-state index < -0.39 is 0 Å². The second-order valence-corrected chi connectivity index (χ2v) is 9.27. The Kier molecular flexibility index (Phi) is 5.91. The Bertz CT molecular complexity index is 1140. The highest BCUT2D eigenvalue weighted by atomic mass is 16.2. The van der Waals surface area contributed by atoms with Crippen LogP contribution in [0.1, 0.15) is 62.8 Å². The van der Waals surface area contributed by atoms with Crippen molar-refractivity contribution in [2.75, 3.05) is 11.9 Å². The molecule has 0 radical (unpaired) electrons. The Labute approximate surface area is 188 Å². The fraction of sp³-hybridized carbons (Fsp3) is 0.400. The first kappa shape index (κ1) is 21.9. The SMILES string of the molecule is CCn1c(C2CCCN2C(=O)Nc2cccc(C(=O)NC(C)(C)C)c2)nc2ccccc21. The van der Waals surface area contributed by atoms with Crippen molar-refractivity contribution in [3.63, 3.8) is 0 Å². The summed E-state index contributed by atoms with van der Waals surface area (Å²) in [4.78, 5) is 32.4. The molecule has 1 saturated heterocycles. The van der Waals surface area contributed by atoms with Crippen LogP contribution in [0.5, 0.6) is 0 Å². The van der Waals surface area contributed by atoms with Gasteiger partial charge in [-0.3, -0.25) is 4.79 Å². The average molecular weight is 434 g/mol. The number of likely N-dealkylation sites (tertiary alicyclic amines) is 1. The number of anilines is 1. The molecule has 32 heavy (non-hydrogen) atoms. The number of nitrogens with zero attached hydrogens (tertiary/aromatic N) is 3. The van der Waals surface area contributed by atoms with Crippen molar-refractivity contribution >= 4 is 28.7 Å². The number of carbonyl (C=O) groups excluding carboxylic acids is 2.